The van der Waals surface area contributed by atoms with Crippen LogP contribution in [-0.2, 0) is 4.79 Å². The summed E-state index contributed by atoms with van der Waals surface area (Å²) < 4.78 is 0. The second kappa shape index (κ2) is 5.13. The Bertz CT molecular complexity index is 111. The Morgan fingerprint density at radius 3 is 2.00 bits per heavy atom. The zero-order chi connectivity index (χ0) is 8.85. The Morgan fingerprint density at radius 1 is 1.45 bits per heavy atom. The minimum atomic E-state index is -0.833. The van der Waals surface area contributed by atoms with Crippen molar-refractivity contribution in [1.82, 2.24) is 0 Å². The Hall–Kier alpha value is -0.570. The van der Waals surface area contributed by atoms with Crippen LogP contribution < -0.4 is 0 Å². The number of aliphatic hydroxyl groups is 1. The summed E-state index contributed by atoms with van der Waals surface area (Å²) in [6.45, 7) is 3.19. The topological polar surface area (TPSA) is 57.5 Å². The van der Waals surface area contributed by atoms with Crippen LogP contribution in [0.4, 0.5) is 0 Å². The smallest absolute Gasteiger partial charge is 0.300 e. The van der Waals surface area contributed by atoms with Crippen LogP contribution in [0.1, 0.15) is 33.1 Å². The number of hydrogen-bond acceptors (Lipinski definition) is 2. The maximum atomic E-state index is 9.00. The molecule has 0 bridgehead atoms. The fourth-order valence-electron chi connectivity index (χ4n) is 1.13. The molecule has 1 rings (SSSR count). The summed E-state index contributed by atoms with van der Waals surface area (Å²) in [4.78, 5) is 9.00. The van der Waals surface area contributed by atoms with Gasteiger partial charge in [-0.1, -0.05) is 13.3 Å². The van der Waals surface area contributed by atoms with Crippen molar-refractivity contribution in [2.45, 2.75) is 39.2 Å². The Kier molecular flexibility index (Phi) is 4.86. The molecule has 3 heteroatoms. The van der Waals surface area contributed by atoms with Crippen LogP contribution in [0.15, 0.2) is 0 Å². The molecule has 0 saturated heterocycles. The molecule has 0 aromatic carbocycles. The first-order chi connectivity index (χ1) is 5.04. The highest BCUT2D eigenvalue weighted by atomic mass is 16.4. The van der Waals surface area contributed by atoms with Crippen LogP contribution in [0.2, 0.25) is 0 Å². The van der Waals surface area contributed by atoms with E-state index in [-0.39, 0.29) is 6.10 Å². The summed E-state index contributed by atoms with van der Waals surface area (Å²) in [6, 6.07) is 0. The van der Waals surface area contributed by atoms with E-state index in [1.807, 2.05) is 0 Å². The lowest BCUT2D eigenvalue weighted by Gasteiger charge is -2.04. The molecule has 66 valence electrons. The summed E-state index contributed by atoms with van der Waals surface area (Å²) in [5.41, 5.74) is 0. The van der Waals surface area contributed by atoms with Crippen LogP contribution >= 0.6 is 0 Å². The standard InChI is InChI=1S/C6H12O.C2H4O2/c1-5-3-2-4-6(5)7;1-2(3)4/h5-7H,2-4H2,1H3;1H3,(H,3,4). The fourth-order valence-corrected chi connectivity index (χ4v) is 1.13. The molecule has 1 aliphatic rings. The van der Waals surface area contributed by atoms with Gasteiger partial charge in [0, 0.05) is 6.92 Å². The number of rotatable bonds is 0. The van der Waals surface area contributed by atoms with E-state index in [1.54, 1.807) is 0 Å². The molecule has 2 unspecified atom stereocenters. The van der Waals surface area contributed by atoms with Crippen LogP contribution in [0.25, 0.3) is 0 Å². The summed E-state index contributed by atoms with van der Waals surface area (Å²) in [5.74, 6) is -0.264. The average molecular weight is 160 g/mol. The molecule has 0 aromatic rings. The first-order valence-electron chi connectivity index (χ1n) is 3.91. The van der Waals surface area contributed by atoms with E-state index in [9.17, 15) is 0 Å². The number of carbonyl (C=O) groups is 1. The van der Waals surface area contributed by atoms with Gasteiger partial charge in [-0.15, -0.1) is 0 Å². The van der Waals surface area contributed by atoms with E-state index in [4.69, 9.17) is 15.0 Å². The number of aliphatic hydroxyl groups excluding tert-OH is 1. The highest BCUT2D eigenvalue weighted by Crippen LogP contribution is 2.23. The molecule has 0 heterocycles. The van der Waals surface area contributed by atoms with E-state index in [1.165, 1.54) is 12.8 Å². The fraction of sp³-hybridized carbons (Fsp3) is 0.875. The third-order valence-electron chi connectivity index (χ3n) is 1.82. The highest BCUT2D eigenvalue weighted by molar-refractivity contribution is 5.62. The van der Waals surface area contributed by atoms with Gasteiger partial charge in [-0.2, -0.15) is 0 Å². The molecular weight excluding hydrogens is 144 g/mol. The quantitative estimate of drug-likeness (QED) is 0.561. The zero-order valence-corrected chi connectivity index (χ0v) is 7.08. The van der Waals surface area contributed by atoms with Crippen LogP contribution in [0.3, 0.4) is 0 Å². The monoisotopic (exact) mass is 160 g/mol. The summed E-state index contributed by atoms with van der Waals surface area (Å²) >= 11 is 0. The van der Waals surface area contributed by atoms with E-state index in [0.29, 0.717) is 5.92 Å². The van der Waals surface area contributed by atoms with Crippen LogP contribution in [-0.4, -0.2) is 22.3 Å². The zero-order valence-electron chi connectivity index (χ0n) is 7.08. The van der Waals surface area contributed by atoms with Crippen LogP contribution in [0, 0.1) is 5.92 Å². The van der Waals surface area contributed by atoms with Gasteiger partial charge in [-0.3, -0.25) is 4.79 Å². The largest absolute Gasteiger partial charge is 0.481 e. The molecule has 1 aliphatic carbocycles. The normalized spacial score (nSPS) is 29.0. The lowest BCUT2D eigenvalue weighted by Crippen LogP contribution is -2.07. The molecule has 0 spiro atoms. The van der Waals surface area contributed by atoms with E-state index >= 15 is 0 Å². The molecule has 1 fully saturated rings. The number of aliphatic carboxylic acids is 1. The first kappa shape index (κ1) is 10.4. The summed E-state index contributed by atoms with van der Waals surface area (Å²) in [6.07, 6.45) is 3.49. The van der Waals surface area contributed by atoms with Gasteiger partial charge >= 0.3 is 0 Å². The van der Waals surface area contributed by atoms with Crippen molar-refractivity contribution in [3.63, 3.8) is 0 Å². The summed E-state index contributed by atoms with van der Waals surface area (Å²) in [7, 11) is 0. The molecule has 3 nitrogen and oxygen atoms in total. The second-order valence-corrected chi connectivity index (χ2v) is 2.99. The lowest BCUT2D eigenvalue weighted by molar-refractivity contribution is -0.134. The van der Waals surface area contributed by atoms with Crippen molar-refractivity contribution in [2.24, 2.45) is 5.92 Å². The van der Waals surface area contributed by atoms with Crippen molar-refractivity contribution >= 4 is 5.97 Å². The van der Waals surface area contributed by atoms with Crippen molar-refractivity contribution in [2.75, 3.05) is 0 Å². The minimum absolute atomic E-state index is 0.0139. The predicted octanol–water partition coefficient (Wildman–Crippen LogP) is 1.26. The van der Waals surface area contributed by atoms with Gasteiger partial charge in [0.25, 0.3) is 5.97 Å². The molecule has 0 aliphatic heterocycles. The Morgan fingerprint density at radius 2 is 1.91 bits per heavy atom. The minimum Gasteiger partial charge on any atom is -0.481 e. The van der Waals surface area contributed by atoms with E-state index < -0.39 is 5.97 Å². The lowest BCUT2D eigenvalue weighted by atomic mass is 10.1. The molecule has 1 saturated carbocycles. The van der Waals surface area contributed by atoms with Gasteiger partial charge in [0.2, 0.25) is 0 Å². The van der Waals surface area contributed by atoms with Gasteiger partial charge in [-0.25, -0.2) is 0 Å². The Labute approximate surface area is 67.0 Å². The number of carboxylic acid groups (broad SMARTS) is 1. The van der Waals surface area contributed by atoms with Gasteiger partial charge in [0.05, 0.1) is 6.10 Å². The number of carboxylic acids is 1. The summed E-state index contributed by atoms with van der Waals surface area (Å²) in [5, 5.41) is 16.4. The predicted molar refractivity (Wildman–Crippen MR) is 42.3 cm³/mol. The first-order valence-corrected chi connectivity index (χ1v) is 3.91. The van der Waals surface area contributed by atoms with Crippen LogP contribution in [0.5, 0.6) is 0 Å². The van der Waals surface area contributed by atoms with E-state index in [0.717, 1.165) is 13.3 Å². The maximum absolute atomic E-state index is 9.00. The maximum Gasteiger partial charge on any atom is 0.300 e. The molecule has 0 radical (unpaired) electrons. The van der Waals surface area contributed by atoms with Gasteiger partial charge < -0.3 is 10.2 Å². The SMILES string of the molecule is CC(=O)O.CC1CCCC1O. The van der Waals surface area contributed by atoms with Gasteiger partial charge in [0.1, 0.15) is 0 Å². The van der Waals surface area contributed by atoms with Crippen molar-refractivity contribution in [3.05, 3.63) is 0 Å². The molecule has 2 N–H and O–H groups in total. The molecule has 11 heavy (non-hydrogen) atoms. The molecule has 0 aromatic heterocycles. The Balaban J connectivity index is 0.000000218. The van der Waals surface area contributed by atoms with Crippen molar-refractivity contribution < 1.29 is 15.0 Å². The van der Waals surface area contributed by atoms with Gasteiger partial charge in [0.15, 0.2) is 0 Å². The molecule has 2 atom stereocenters. The van der Waals surface area contributed by atoms with Gasteiger partial charge in [-0.05, 0) is 18.8 Å². The second-order valence-electron chi connectivity index (χ2n) is 2.99. The molecular formula is C8H16O3. The van der Waals surface area contributed by atoms with Crippen molar-refractivity contribution in [3.8, 4) is 0 Å². The van der Waals surface area contributed by atoms with Crippen molar-refractivity contribution in [1.29, 1.82) is 0 Å². The molecule has 0 amide bonds. The number of hydrogen-bond donors (Lipinski definition) is 2. The third-order valence-corrected chi connectivity index (χ3v) is 1.82. The van der Waals surface area contributed by atoms with E-state index in [2.05, 4.69) is 6.92 Å². The highest BCUT2D eigenvalue weighted by Gasteiger charge is 2.19. The third kappa shape index (κ3) is 5.85. The average Bonchev–Trinajstić information content (AvgIpc) is 2.15.